The fraction of sp³-hybridized carbons (Fsp3) is 0.273. The third kappa shape index (κ3) is 2.58. The van der Waals surface area contributed by atoms with Crippen molar-refractivity contribution in [1.29, 1.82) is 0 Å². The maximum atomic E-state index is 11.3. The Hall–Kier alpha value is -1.31. The van der Waals surface area contributed by atoms with Crippen LogP contribution in [0, 0.1) is 6.61 Å². The number of hydrogen-bond donors (Lipinski definition) is 0. The monoisotopic (exact) mass is 177 g/mol. The molecule has 1 unspecified atom stereocenters. The van der Waals surface area contributed by atoms with E-state index in [0.717, 1.165) is 5.56 Å². The molecule has 0 aromatic heterocycles. The van der Waals surface area contributed by atoms with Crippen LogP contribution in [0.2, 0.25) is 0 Å². The van der Waals surface area contributed by atoms with Gasteiger partial charge in [-0.3, -0.25) is 4.79 Å². The molecule has 1 rings (SSSR count). The summed E-state index contributed by atoms with van der Waals surface area (Å²) in [5.74, 6) is -0.411. The molecule has 0 bridgehead atoms. The van der Waals surface area contributed by atoms with E-state index in [0.29, 0.717) is 0 Å². The Bertz CT molecular complexity index is 267. The van der Waals surface area contributed by atoms with Gasteiger partial charge in [0.25, 0.3) is 0 Å². The average Bonchev–Trinajstić information content (AvgIpc) is 2.18. The highest BCUT2D eigenvalue weighted by molar-refractivity contribution is 5.77. The summed E-state index contributed by atoms with van der Waals surface area (Å²) in [6, 6.07) is 9.58. The van der Waals surface area contributed by atoms with Crippen molar-refractivity contribution in [2.75, 3.05) is 0 Å². The van der Waals surface area contributed by atoms with Gasteiger partial charge in [-0.05, 0) is 19.4 Å². The molecular formula is C11H13O2. The molecule has 13 heavy (non-hydrogen) atoms. The topological polar surface area (TPSA) is 26.3 Å². The number of hydrogen-bond acceptors (Lipinski definition) is 2. The Morgan fingerprint density at radius 1 is 1.38 bits per heavy atom. The third-order valence-corrected chi connectivity index (χ3v) is 1.89. The molecule has 1 aromatic rings. The zero-order valence-electron chi connectivity index (χ0n) is 7.86. The predicted octanol–water partition coefficient (Wildman–Crippen LogP) is 2.51. The summed E-state index contributed by atoms with van der Waals surface area (Å²) in [5.41, 5.74) is 0.981. The van der Waals surface area contributed by atoms with E-state index >= 15 is 0 Å². The van der Waals surface area contributed by atoms with Gasteiger partial charge in [0, 0.05) is 0 Å². The summed E-state index contributed by atoms with van der Waals surface area (Å²) < 4.78 is 4.79. The Labute approximate surface area is 78.5 Å². The number of carbonyl (C=O) groups excluding carboxylic acids is 1. The molecule has 1 radical (unpaired) electrons. The van der Waals surface area contributed by atoms with Crippen LogP contribution in [-0.2, 0) is 9.53 Å². The zero-order chi connectivity index (χ0) is 9.68. The number of rotatable bonds is 3. The molecule has 0 fully saturated rings. The number of benzene rings is 1. The molecule has 1 aromatic carbocycles. The smallest absolute Gasteiger partial charge is 0.313 e. The van der Waals surface area contributed by atoms with Crippen LogP contribution in [-0.4, -0.2) is 5.97 Å². The Morgan fingerprint density at radius 2 is 2.00 bits per heavy atom. The molecule has 69 valence electrons. The summed E-state index contributed by atoms with van der Waals surface area (Å²) in [6.07, 6.45) is 0. The van der Waals surface area contributed by atoms with Gasteiger partial charge in [-0.2, -0.15) is 0 Å². The lowest BCUT2D eigenvalue weighted by Gasteiger charge is -2.09. The fourth-order valence-corrected chi connectivity index (χ4v) is 1.10. The van der Waals surface area contributed by atoms with Crippen molar-refractivity contribution in [1.82, 2.24) is 0 Å². The Balaban J connectivity index is 2.68. The lowest BCUT2D eigenvalue weighted by Crippen LogP contribution is -2.10. The highest BCUT2D eigenvalue weighted by Crippen LogP contribution is 2.16. The third-order valence-electron chi connectivity index (χ3n) is 1.89. The first-order valence-corrected chi connectivity index (χ1v) is 4.29. The Morgan fingerprint density at radius 3 is 2.54 bits per heavy atom. The molecule has 2 nitrogen and oxygen atoms in total. The van der Waals surface area contributed by atoms with Gasteiger partial charge < -0.3 is 4.74 Å². The van der Waals surface area contributed by atoms with E-state index in [1.165, 1.54) is 6.61 Å². The second kappa shape index (κ2) is 4.65. The average molecular weight is 177 g/mol. The van der Waals surface area contributed by atoms with Crippen molar-refractivity contribution in [3.05, 3.63) is 42.5 Å². The van der Waals surface area contributed by atoms with Crippen LogP contribution in [0.15, 0.2) is 30.3 Å². The van der Waals surface area contributed by atoms with E-state index in [1.807, 2.05) is 37.3 Å². The number of esters is 1. The summed E-state index contributed by atoms with van der Waals surface area (Å²) in [6.45, 7) is 4.93. The van der Waals surface area contributed by atoms with Crippen LogP contribution in [0.4, 0.5) is 0 Å². The van der Waals surface area contributed by atoms with Gasteiger partial charge in [-0.15, -0.1) is 0 Å². The molecule has 0 aliphatic rings. The molecule has 0 saturated carbocycles. The highest BCUT2D eigenvalue weighted by atomic mass is 16.5. The van der Waals surface area contributed by atoms with Gasteiger partial charge in [0.1, 0.15) is 6.61 Å². The van der Waals surface area contributed by atoms with Gasteiger partial charge in [0.2, 0.25) is 0 Å². The van der Waals surface area contributed by atoms with E-state index in [1.54, 1.807) is 6.92 Å². The van der Waals surface area contributed by atoms with Crippen LogP contribution in [0.5, 0.6) is 0 Å². The zero-order valence-corrected chi connectivity index (χ0v) is 7.86. The molecule has 0 amide bonds. The molecule has 0 heterocycles. The van der Waals surface area contributed by atoms with Crippen molar-refractivity contribution in [2.24, 2.45) is 0 Å². The van der Waals surface area contributed by atoms with E-state index in [9.17, 15) is 4.79 Å². The molecule has 0 N–H and O–H groups in total. The number of carbonyl (C=O) groups is 1. The lowest BCUT2D eigenvalue weighted by molar-refractivity contribution is -0.141. The molecule has 1 atom stereocenters. The second-order valence-electron chi connectivity index (χ2n) is 2.80. The van der Waals surface area contributed by atoms with Gasteiger partial charge in [-0.1, -0.05) is 30.3 Å². The Kier molecular flexibility index (Phi) is 3.50. The molecule has 0 spiro atoms. The molecule has 0 aliphatic carbocycles. The van der Waals surface area contributed by atoms with Gasteiger partial charge in [-0.25, -0.2) is 0 Å². The van der Waals surface area contributed by atoms with E-state index in [4.69, 9.17) is 4.74 Å². The normalized spacial score (nSPS) is 12.2. The van der Waals surface area contributed by atoms with Crippen LogP contribution in [0.3, 0.4) is 0 Å². The SMILES string of the molecule is C[CH]OC(=O)C(C)c1ccccc1. The summed E-state index contributed by atoms with van der Waals surface area (Å²) in [5, 5.41) is 0. The first-order chi connectivity index (χ1) is 6.25. The number of ether oxygens (including phenoxy) is 1. The van der Waals surface area contributed by atoms with Crippen molar-refractivity contribution in [3.8, 4) is 0 Å². The molecular weight excluding hydrogens is 164 g/mol. The second-order valence-corrected chi connectivity index (χ2v) is 2.80. The minimum absolute atomic E-state index is 0.197. The first-order valence-electron chi connectivity index (χ1n) is 4.29. The van der Waals surface area contributed by atoms with Crippen molar-refractivity contribution in [2.45, 2.75) is 19.8 Å². The minimum atomic E-state index is -0.214. The van der Waals surface area contributed by atoms with Crippen LogP contribution >= 0.6 is 0 Å². The molecule has 0 saturated heterocycles. The van der Waals surface area contributed by atoms with E-state index in [2.05, 4.69) is 0 Å². The molecule has 0 aliphatic heterocycles. The standard InChI is InChI=1S/C11H13O2/c1-3-13-11(12)9(2)10-7-5-4-6-8-10/h3-9H,1-2H3. The van der Waals surface area contributed by atoms with Crippen molar-refractivity contribution in [3.63, 3.8) is 0 Å². The summed E-state index contributed by atoms with van der Waals surface area (Å²) >= 11 is 0. The van der Waals surface area contributed by atoms with Crippen LogP contribution in [0.1, 0.15) is 25.3 Å². The first kappa shape index (κ1) is 9.78. The van der Waals surface area contributed by atoms with E-state index in [-0.39, 0.29) is 11.9 Å². The summed E-state index contributed by atoms with van der Waals surface area (Å²) in [7, 11) is 0. The fourth-order valence-electron chi connectivity index (χ4n) is 1.10. The van der Waals surface area contributed by atoms with Crippen LogP contribution in [0.25, 0.3) is 0 Å². The largest absolute Gasteiger partial charge is 0.458 e. The van der Waals surface area contributed by atoms with Gasteiger partial charge in [0.15, 0.2) is 0 Å². The van der Waals surface area contributed by atoms with Crippen LogP contribution < -0.4 is 0 Å². The maximum absolute atomic E-state index is 11.3. The lowest BCUT2D eigenvalue weighted by atomic mass is 10.0. The van der Waals surface area contributed by atoms with Crippen molar-refractivity contribution >= 4 is 5.97 Å². The van der Waals surface area contributed by atoms with Gasteiger partial charge in [0.05, 0.1) is 5.92 Å². The predicted molar refractivity (Wildman–Crippen MR) is 50.9 cm³/mol. The summed E-state index contributed by atoms with van der Waals surface area (Å²) in [4.78, 5) is 11.3. The molecule has 2 heteroatoms. The minimum Gasteiger partial charge on any atom is -0.458 e. The van der Waals surface area contributed by atoms with E-state index < -0.39 is 0 Å². The maximum Gasteiger partial charge on any atom is 0.313 e. The quantitative estimate of drug-likeness (QED) is 0.663. The van der Waals surface area contributed by atoms with Gasteiger partial charge >= 0.3 is 5.97 Å². The highest BCUT2D eigenvalue weighted by Gasteiger charge is 2.15. The van der Waals surface area contributed by atoms with Crippen molar-refractivity contribution < 1.29 is 9.53 Å².